The number of nitro benzene ring substituents is 1. The van der Waals surface area contributed by atoms with Crippen molar-refractivity contribution in [3.63, 3.8) is 0 Å². The van der Waals surface area contributed by atoms with Crippen LogP contribution in [0.3, 0.4) is 0 Å². The van der Waals surface area contributed by atoms with Crippen molar-refractivity contribution in [2.45, 2.75) is 23.8 Å². The van der Waals surface area contributed by atoms with Crippen LogP contribution < -0.4 is 10.0 Å². The second-order valence-electron chi connectivity index (χ2n) is 5.89. The van der Waals surface area contributed by atoms with Gasteiger partial charge in [-0.2, -0.15) is 0 Å². The lowest BCUT2D eigenvalue weighted by Gasteiger charge is -2.24. The van der Waals surface area contributed by atoms with Gasteiger partial charge in [0.2, 0.25) is 10.0 Å². The molecule has 1 saturated carbocycles. The Morgan fingerprint density at radius 1 is 1.39 bits per heavy atom. The van der Waals surface area contributed by atoms with Crippen LogP contribution in [0, 0.1) is 16.0 Å². The summed E-state index contributed by atoms with van der Waals surface area (Å²) in [6.07, 6.45) is 2.35. The fourth-order valence-corrected chi connectivity index (χ4v) is 3.31. The molecule has 0 amide bonds. The standard InChI is InChI=1S/C14H22N4O4S/c1-15-23(21,22)11-6-7-12(13(8-11)18(19)20)16-9-14(17(2)3)10-4-5-10/h6-8,10,14-16H,4-5,9H2,1-3H3/t14-/m1/s1. The van der Waals surface area contributed by atoms with E-state index >= 15 is 0 Å². The average Bonchev–Trinajstić information content (AvgIpc) is 3.31. The van der Waals surface area contributed by atoms with Crippen molar-refractivity contribution in [1.82, 2.24) is 9.62 Å². The van der Waals surface area contributed by atoms with E-state index in [1.54, 1.807) is 0 Å². The maximum absolute atomic E-state index is 11.8. The fourth-order valence-electron chi connectivity index (χ4n) is 2.56. The largest absolute Gasteiger partial charge is 0.378 e. The van der Waals surface area contributed by atoms with Crippen LogP contribution in [-0.2, 0) is 10.0 Å². The number of sulfonamides is 1. The van der Waals surface area contributed by atoms with Crippen molar-refractivity contribution in [3.8, 4) is 0 Å². The molecule has 0 saturated heterocycles. The molecule has 0 bridgehead atoms. The third-order valence-corrected chi connectivity index (χ3v) is 5.49. The number of likely N-dealkylation sites (N-methyl/N-ethyl adjacent to an activating group) is 1. The highest BCUT2D eigenvalue weighted by Gasteiger charge is 2.32. The molecule has 0 heterocycles. The van der Waals surface area contributed by atoms with Gasteiger partial charge in [0.05, 0.1) is 9.82 Å². The predicted molar refractivity (Wildman–Crippen MR) is 88.0 cm³/mol. The molecule has 0 spiro atoms. The van der Waals surface area contributed by atoms with E-state index in [4.69, 9.17) is 0 Å². The normalized spacial score (nSPS) is 16.3. The number of benzene rings is 1. The van der Waals surface area contributed by atoms with Crippen LogP contribution in [0.5, 0.6) is 0 Å². The van der Waals surface area contributed by atoms with Crippen LogP contribution in [-0.4, -0.2) is 52.0 Å². The van der Waals surface area contributed by atoms with Crippen LogP contribution in [0.25, 0.3) is 0 Å². The molecule has 0 unspecified atom stereocenters. The van der Waals surface area contributed by atoms with E-state index in [0.717, 1.165) is 6.07 Å². The van der Waals surface area contributed by atoms with Crippen LogP contribution in [0.15, 0.2) is 23.1 Å². The highest BCUT2D eigenvalue weighted by atomic mass is 32.2. The summed E-state index contributed by atoms with van der Waals surface area (Å²) >= 11 is 0. The molecule has 0 aromatic heterocycles. The molecule has 2 N–H and O–H groups in total. The van der Waals surface area contributed by atoms with Crippen LogP contribution >= 0.6 is 0 Å². The maximum atomic E-state index is 11.8. The van der Waals surface area contributed by atoms with Gasteiger partial charge in [0.15, 0.2) is 0 Å². The third kappa shape index (κ3) is 4.18. The van der Waals surface area contributed by atoms with E-state index in [-0.39, 0.29) is 10.6 Å². The Kier molecular flexibility index (Phi) is 5.23. The van der Waals surface area contributed by atoms with Crippen LogP contribution in [0.2, 0.25) is 0 Å². The molecule has 1 aromatic carbocycles. The first-order valence-electron chi connectivity index (χ1n) is 7.38. The second kappa shape index (κ2) is 6.81. The van der Waals surface area contributed by atoms with E-state index in [1.165, 1.54) is 32.0 Å². The van der Waals surface area contributed by atoms with Crippen molar-refractivity contribution >= 4 is 21.4 Å². The first kappa shape index (κ1) is 17.6. The minimum atomic E-state index is -3.71. The zero-order valence-electron chi connectivity index (χ0n) is 13.4. The minimum absolute atomic E-state index is 0.122. The van der Waals surface area contributed by atoms with E-state index in [2.05, 4.69) is 14.9 Å². The van der Waals surface area contributed by atoms with Gasteiger partial charge in [-0.25, -0.2) is 13.1 Å². The molecular formula is C14H22N4O4S. The Morgan fingerprint density at radius 2 is 2.04 bits per heavy atom. The zero-order chi connectivity index (χ0) is 17.2. The Hall–Kier alpha value is -1.71. The van der Waals surface area contributed by atoms with Gasteiger partial charge in [-0.3, -0.25) is 10.1 Å². The Bertz CT molecular complexity index is 684. The van der Waals surface area contributed by atoms with Gasteiger partial charge in [0.1, 0.15) is 5.69 Å². The van der Waals surface area contributed by atoms with Gasteiger partial charge in [-0.05, 0) is 52.0 Å². The first-order chi connectivity index (χ1) is 10.8. The lowest BCUT2D eigenvalue weighted by atomic mass is 10.1. The fraction of sp³-hybridized carbons (Fsp3) is 0.571. The van der Waals surface area contributed by atoms with Crippen molar-refractivity contribution < 1.29 is 13.3 Å². The summed E-state index contributed by atoms with van der Waals surface area (Å²) in [7, 11) is 1.53. The summed E-state index contributed by atoms with van der Waals surface area (Å²) in [5.41, 5.74) is 0.0900. The monoisotopic (exact) mass is 342 g/mol. The van der Waals surface area contributed by atoms with E-state index in [1.807, 2.05) is 14.1 Å². The lowest BCUT2D eigenvalue weighted by Crippen LogP contribution is -2.36. The molecule has 2 rings (SSSR count). The molecular weight excluding hydrogens is 320 g/mol. The van der Waals surface area contributed by atoms with E-state index in [9.17, 15) is 18.5 Å². The van der Waals surface area contributed by atoms with Gasteiger partial charge in [-0.15, -0.1) is 0 Å². The molecule has 1 atom stereocenters. The molecule has 1 aliphatic carbocycles. The molecule has 0 aliphatic heterocycles. The topological polar surface area (TPSA) is 105 Å². The van der Waals surface area contributed by atoms with Crippen molar-refractivity contribution in [2.75, 3.05) is 33.0 Å². The van der Waals surface area contributed by atoms with Crippen LogP contribution in [0.1, 0.15) is 12.8 Å². The molecule has 0 radical (unpaired) electrons. The van der Waals surface area contributed by atoms with Crippen molar-refractivity contribution in [2.24, 2.45) is 5.92 Å². The van der Waals surface area contributed by atoms with E-state index < -0.39 is 14.9 Å². The Morgan fingerprint density at radius 3 is 2.52 bits per heavy atom. The first-order valence-corrected chi connectivity index (χ1v) is 8.87. The van der Waals surface area contributed by atoms with Crippen LogP contribution in [0.4, 0.5) is 11.4 Å². The third-order valence-electron chi connectivity index (χ3n) is 4.08. The summed E-state index contributed by atoms with van der Waals surface area (Å²) in [5.74, 6) is 0.612. The molecule has 8 nitrogen and oxygen atoms in total. The van der Waals surface area contributed by atoms with Crippen molar-refractivity contribution in [3.05, 3.63) is 28.3 Å². The molecule has 1 aliphatic rings. The number of hydrogen-bond acceptors (Lipinski definition) is 6. The Balaban J connectivity index is 2.23. The molecule has 128 valence electrons. The van der Waals surface area contributed by atoms with Crippen molar-refractivity contribution in [1.29, 1.82) is 0 Å². The van der Waals surface area contributed by atoms with Gasteiger partial charge in [0, 0.05) is 18.7 Å². The number of nitro groups is 1. The quantitative estimate of drug-likeness (QED) is 0.544. The number of hydrogen-bond donors (Lipinski definition) is 2. The Labute approximate surface area is 136 Å². The summed E-state index contributed by atoms with van der Waals surface area (Å²) in [6, 6.07) is 4.19. The molecule has 9 heteroatoms. The summed E-state index contributed by atoms with van der Waals surface area (Å²) in [6.45, 7) is 0.580. The SMILES string of the molecule is CNS(=O)(=O)c1ccc(NC[C@H](C2CC2)N(C)C)c([N+](=O)[O-])c1. The number of rotatable bonds is 8. The van der Waals surface area contributed by atoms with E-state index in [0.29, 0.717) is 24.2 Å². The van der Waals surface area contributed by atoms with Gasteiger partial charge < -0.3 is 10.2 Å². The smallest absolute Gasteiger partial charge is 0.293 e. The highest BCUT2D eigenvalue weighted by Crippen LogP contribution is 2.35. The van der Waals surface area contributed by atoms with Gasteiger partial charge in [-0.1, -0.05) is 0 Å². The number of nitrogens with zero attached hydrogens (tertiary/aromatic N) is 2. The maximum Gasteiger partial charge on any atom is 0.293 e. The molecule has 1 fully saturated rings. The lowest BCUT2D eigenvalue weighted by molar-refractivity contribution is -0.384. The zero-order valence-corrected chi connectivity index (χ0v) is 14.3. The molecule has 23 heavy (non-hydrogen) atoms. The van der Waals surface area contributed by atoms with Gasteiger partial charge in [0.25, 0.3) is 5.69 Å². The van der Waals surface area contributed by atoms with Gasteiger partial charge >= 0.3 is 0 Å². The average molecular weight is 342 g/mol. The highest BCUT2D eigenvalue weighted by molar-refractivity contribution is 7.89. The second-order valence-corrected chi connectivity index (χ2v) is 7.78. The minimum Gasteiger partial charge on any atom is -0.378 e. The molecule has 1 aromatic rings. The number of anilines is 1. The summed E-state index contributed by atoms with van der Waals surface area (Å²) < 4.78 is 25.7. The summed E-state index contributed by atoms with van der Waals surface area (Å²) in [4.78, 5) is 12.7. The number of nitrogens with one attached hydrogen (secondary N) is 2. The summed E-state index contributed by atoms with van der Waals surface area (Å²) in [5, 5.41) is 14.3. The predicted octanol–water partition coefficient (Wildman–Crippen LogP) is 1.25.